The number of nitrogens with zero attached hydrogens (tertiary/aromatic N) is 2. The molecule has 1 aromatic heterocycles. The highest BCUT2D eigenvalue weighted by Crippen LogP contribution is 2.32. The zero-order valence-corrected chi connectivity index (χ0v) is 16.3. The van der Waals surface area contributed by atoms with E-state index in [0.717, 1.165) is 49.4 Å². The number of aldehydes is 1. The first-order chi connectivity index (χ1) is 13.2. The molecule has 2 aliphatic rings. The molecule has 2 aromatic rings. The van der Waals surface area contributed by atoms with E-state index in [2.05, 4.69) is 29.2 Å². The van der Waals surface area contributed by atoms with Crippen LogP contribution in [0.3, 0.4) is 0 Å². The molecule has 2 fully saturated rings. The Morgan fingerprint density at radius 1 is 1.04 bits per heavy atom. The number of hydrogen-bond donors (Lipinski definition) is 1. The van der Waals surface area contributed by atoms with Gasteiger partial charge in [0, 0.05) is 17.5 Å². The van der Waals surface area contributed by atoms with Crippen LogP contribution in [0.25, 0.3) is 0 Å². The van der Waals surface area contributed by atoms with Gasteiger partial charge in [-0.1, -0.05) is 48.7 Å². The molecule has 0 radical (unpaired) electrons. The lowest BCUT2D eigenvalue weighted by molar-refractivity contribution is 0.112. The lowest BCUT2D eigenvalue weighted by Crippen LogP contribution is -2.29. The number of nitrogens with two attached hydrogens (primary N) is 1. The van der Waals surface area contributed by atoms with Crippen molar-refractivity contribution in [1.29, 1.82) is 0 Å². The van der Waals surface area contributed by atoms with Gasteiger partial charge in [0.1, 0.15) is 6.29 Å². The van der Waals surface area contributed by atoms with Gasteiger partial charge >= 0.3 is 0 Å². The van der Waals surface area contributed by atoms with E-state index < -0.39 is 0 Å². The van der Waals surface area contributed by atoms with Crippen molar-refractivity contribution in [3.05, 3.63) is 47.2 Å². The van der Waals surface area contributed by atoms with Gasteiger partial charge in [0.25, 0.3) is 0 Å². The normalized spacial score (nSPS) is 19.3. The van der Waals surface area contributed by atoms with E-state index in [9.17, 15) is 4.79 Å². The molecular formula is C22H31N3O2. The van der Waals surface area contributed by atoms with Crippen LogP contribution in [0.2, 0.25) is 0 Å². The molecule has 1 saturated heterocycles. The second kappa shape index (κ2) is 9.70. The fourth-order valence-electron chi connectivity index (χ4n) is 4.08. The molecule has 0 atom stereocenters. The molecule has 146 valence electrons. The maximum absolute atomic E-state index is 10.5. The Kier molecular flexibility index (Phi) is 7.04. The Morgan fingerprint density at radius 2 is 1.70 bits per heavy atom. The van der Waals surface area contributed by atoms with E-state index >= 15 is 0 Å². The smallest absolute Gasteiger partial charge is 0.222 e. The maximum atomic E-state index is 10.5. The monoisotopic (exact) mass is 369 g/mol. The summed E-state index contributed by atoms with van der Waals surface area (Å²) in [6.07, 6.45) is 9.97. The summed E-state index contributed by atoms with van der Waals surface area (Å²) in [5, 5.41) is 3.95. The van der Waals surface area contributed by atoms with Crippen LogP contribution in [-0.2, 0) is 0 Å². The molecule has 2 N–H and O–H groups in total. The van der Waals surface area contributed by atoms with Crippen LogP contribution in [0.15, 0.2) is 34.9 Å². The van der Waals surface area contributed by atoms with Gasteiger partial charge in [0.05, 0.1) is 5.69 Å². The van der Waals surface area contributed by atoms with Gasteiger partial charge in [-0.05, 0) is 57.3 Å². The van der Waals surface area contributed by atoms with E-state index in [0.29, 0.717) is 11.8 Å². The number of carbonyl (C=O) groups excluding carboxylic acids is 1. The summed E-state index contributed by atoms with van der Waals surface area (Å²) in [6, 6.07) is 9.92. The molecule has 0 spiro atoms. The van der Waals surface area contributed by atoms with Gasteiger partial charge in [-0.15, -0.1) is 0 Å². The van der Waals surface area contributed by atoms with Crippen LogP contribution in [0.5, 0.6) is 0 Å². The van der Waals surface area contributed by atoms with Gasteiger partial charge in [-0.2, -0.15) is 0 Å². The Bertz CT molecular complexity index is 697. The third kappa shape index (κ3) is 5.67. The van der Waals surface area contributed by atoms with E-state index in [1.165, 1.54) is 37.7 Å². The van der Waals surface area contributed by atoms with Crippen LogP contribution < -0.4 is 5.73 Å². The van der Waals surface area contributed by atoms with Crippen molar-refractivity contribution in [2.45, 2.75) is 56.8 Å². The van der Waals surface area contributed by atoms with Crippen LogP contribution in [0.4, 0.5) is 5.88 Å². The molecule has 5 heteroatoms. The number of carbonyl (C=O) groups is 1. The number of anilines is 1. The zero-order chi connectivity index (χ0) is 19.1. The summed E-state index contributed by atoms with van der Waals surface area (Å²) >= 11 is 0. The minimum absolute atomic E-state index is 0.425. The molecule has 0 bridgehead atoms. The third-order valence-electron chi connectivity index (χ3n) is 5.83. The molecule has 1 aromatic carbocycles. The molecule has 27 heavy (non-hydrogen) atoms. The highest BCUT2D eigenvalue weighted by atomic mass is 16.5. The predicted molar refractivity (Wildman–Crippen MR) is 108 cm³/mol. The molecule has 4 rings (SSSR count). The highest BCUT2D eigenvalue weighted by Gasteiger charge is 2.21. The first kappa shape index (κ1) is 19.6. The van der Waals surface area contributed by atoms with Crippen molar-refractivity contribution in [1.82, 2.24) is 10.1 Å². The molecule has 1 aliphatic heterocycles. The van der Waals surface area contributed by atoms with Crippen LogP contribution in [0.1, 0.15) is 78.4 Å². The zero-order valence-electron chi connectivity index (χ0n) is 16.3. The lowest BCUT2D eigenvalue weighted by Gasteiger charge is -2.27. The second-order valence-corrected chi connectivity index (χ2v) is 7.85. The Balaban J connectivity index is 0.000000156. The standard InChI is InChI=1S/C13H16O.C9H15N3O/c14-10-11-6-8-13(9-7-11)12-4-2-1-3-5-12;1-12-4-2-7(3-5-12)8-6-9(10)13-11-8/h6-10,12H,1-5H2;6-7H,2-5,10H2,1H3. The van der Waals surface area contributed by atoms with Crippen LogP contribution >= 0.6 is 0 Å². The van der Waals surface area contributed by atoms with Gasteiger partial charge in [-0.3, -0.25) is 4.79 Å². The van der Waals surface area contributed by atoms with Gasteiger partial charge in [0.15, 0.2) is 0 Å². The van der Waals surface area contributed by atoms with Crippen molar-refractivity contribution in [3.63, 3.8) is 0 Å². The summed E-state index contributed by atoms with van der Waals surface area (Å²) in [6.45, 7) is 2.27. The summed E-state index contributed by atoms with van der Waals surface area (Å²) < 4.78 is 4.86. The van der Waals surface area contributed by atoms with Crippen molar-refractivity contribution >= 4 is 12.2 Å². The van der Waals surface area contributed by atoms with E-state index in [4.69, 9.17) is 10.3 Å². The fourth-order valence-corrected chi connectivity index (χ4v) is 4.08. The minimum Gasteiger partial charge on any atom is -0.368 e. The van der Waals surface area contributed by atoms with Crippen LogP contribution in [-0.4, -0.2) is 36.5 Å². The molecule has 0 unspecified atom stereocenters. The molecule has 1 aliphatic carbocycles. The fraction of sp³-hybridized carbons (Fsp3) is 0.545. The number of benzene rings is 1. The number of rotatable bonds is 3. The number of hydrogen-bond acceptors (Lipinski definition) is 5. The Hall–Kier alpha value is -2.14. The first-order valence-corrected chi connectivity index (χ1v) is 10.1. The largest absolute Gasteiger partial charge is 0.368 e. The van der Waals surface area contributed by atoms with E-state index in [1.54, 1.807) is 0 Å². The second-order valence-electron chi connectivity index (χ2n) is 7.85. The van der Waals surface area contributed by atoms with Gasteiger partial charge < -0.3 is 15.2 Å². The number of aromatic nitrogens is 1. The topological polar surface area (TPSA) is 72.4 Å². The average molecular weight is 370 g/mol. The third-order valence-corrected chi connectivity index (χ3v) is 5.83. The average Bonchev–Trinajstić information content (AvgIpc) is 3.16. The summed E-state index contributed by atoms with van der Waals surface area (Å²) in [5.74, 6) is 1.70. The van der Waals surface area contributed by atoms with Crippen molar-refractivity contribution < 1.29 is 9.32 Å². The summed E-state index contributed by atoms with van der Waals surface area (Å²) in [4.78, 5) is 12.8. The summed E-state index contributed by atoms with van der Waals surface area (Å²) in [5.41, 5.74) is 8.69. The van der Waals surface area contributed by atoms with Crippen molar-refractivity contribution in [2.24, 2.45) is 0 Å². The molecular weight excluding hydrogens is 338 g/mol. The Labute approximate surface area is 161 Å². The molecule has 5 nitrogen and oxygen atoms in total. The first-order valence-electron chi connectivity index (χ1n) is 10.1. The van der Waals surface area contributed by atoms with Gasteiger partial charge in [0.2, 0.25) is 5.88 Å². The summed E-state index contributed by atoms with van der Waals surface area (Å²) in [7, 11) is 2.15. The van der Waals surface area contributed by atoms with Crippen LogP contribution in [0, 0.1) is 0 Å². The number of piperidine rings is 1. The molecule has 2 heterocycles. The maximum Gasteiger partial charge on any atom is 0.222 e. The number of likely N-dealkylation sites (tertiary alicyclic amines) is 1. The van der Waals surface area contributed by atoms with Gasteiger partial charge in [-0.25, -0.2) is 0 Å². The quantitative estimate of drug-likeness (QED) is 0.800. The molecule has 0 amide bonds. The number of nitrogen functional groups attached to an aromatic ring is 1. The molecule has 1 saturated carbocycles. The lowest BCUT2D eigenvalue weighted by atomic mass is 9.84. The predicted octanol–water partition coefficient (Wildman–Crippen LogP) is 4.61. The van der Waals surface area contributed by atoms with Crippen molar-refractivity contribution in [2.75, 3.05) is 25.9 Å². The minimum atomic E-state index is 0.425. The van der Waals surface area contributed by atoms with E-state index in [1.807, 2.05) is 18.2 Å². The SMILES string of the molecule is CN1CCC(c2cc(N)on2)CC1.O=Cc1ccc(C2CCCCC2)cc1. The van der Waals surface area contributed by atoms with E-state index in [-0.39, 0.29) is 0 Å². The highest BCUT2D eigenvalue weighted by molar-refractivity contribution is 5.74. The van der Waals surface area contributed by atoms with Crippen molar-refractivity contribution in [3.8, 4) is 0 Å². The Morgan fingerprint density at radius 3 is 2.26 bits per heavy atom.